The summed E-state index contributed by atoms with van der Waals surface area (Å²) in [6, 6.07) is 12.8. The topological polar surface area (TPSA) is 7.76 Å². The molecular weight excluding hydrogens is 371 g/mol. The lowest BCUT2D eigenvalue weighted by molar-refractivity contribution is -0.724. The minimum atomic E-state index is -0.144. The lowest BCUT2D eigenvalue weighted by Gasteiger charge is -2.21. The van der Waals surface area contributed by atoms with Gasteiger partial charge in [-0.15, -0.1) is 4.39 Å². The van der Waals surface area contributed by atoms with Crippen LogP contribution in [0.1, 0.15) is 64.5 Å². The van der Waals surface area contributed by atoms with E-state index in [0.717, 1.165) is 37.1 Å². The van der Waals surface area contributed by atoms with Crippen LogP contribution in [0.5, 0.6) is 0 Å². The van der Waals surface area contributed by atoms with Crippen molar-refractivity contribution in [2.45, 2.75) is 71.9 Å². The zero-order valence-electron chi connectivity index (χ0n) is 18.7. The highest BCUT2D eigenvalue weighted by atomic mass is 19.1. The zero-order valence-corrected chi connectivity index (χ0v) is 18.7. The van der Waals surface area contributed by atoms with Crippen LogP contribution in [0, 0.1) is 5.95 Å². The third-order valence-corrected chi connectivity index (χ3v) is 6.52. The molecule has 3 aromatic rings. The number of aryl methyl sites for hydroxylation is 2. The molecule has 0 unspecified atom stereocenters. The summed E-state index contributed by atoms with van der Waals surface area (Å²) in [4.78, 5) is 0. The first kappa shape index (κ1) is 20.7. The maximum absolute atomic E-state index is 14.7. The number of benzene rings is 1. The van der Waals surface area contributed by atoms with E-state index >= 15 is 0 Å². The predicted molar refractivity (Wildman–Crippen MR) is 120 cm³/mol. The molecule has 0 saturated heterocycles. The fourth-order valence-electron chi connectivity index (χ4n) is 4.55. The third kappa shape index (κ3) is 3.66. The largest absolute Gasteiger partial charge is 0.360 e. The van der Waals surface area contributed by atoms with Crippen LogP contribution in [0.4, 0.5) is 4.39 Å². The molecule has 2 heterocycles. The van der Waals surface area contributed by atoms with E-state index in [1.54, 1.807) is 10.6 Å². The van der Waals surface area contributed by atoms with Crippen LogP contribution in [0.15, 0.2) is 55.0 Å². The van der Waals surface area contributed by atoms with Gasteiger partial charge in [0.2, 0.25) is 0 Å². The molecule has 1 aliphatic carbocycles. The summed E-state index contributed by atoms with van der Waals surface area (Å²) in [5.41, 5.74) is 7.01. The summed E-state index contributed by atoms with van der Waals surface area (Å²) >= 11 is 0. The maximum Gasteiger partial charge on any atom is 0.360 e. The molecule has 0 fully saturated rings. The van der Waals surface area contributed by atoms with Gasteiger partial charge in [0, 0.05) is 41.5 Å². The lowest BCUT2D eigenvalue weighted by Crippen LogP contribution is -2.39. The molecule has 0 bridgehead atoms. The lowest BCUT2D eigenvalue weighted by atomic mass is 9.82. The van der Waals surface area contributed by atoms with Gasteiger partial charge in [0.1, 0.15) is 6.54 Å². The SMILES string of the molecule is CCCC[n+]1ccc(-c2ccc3c(c2)C(C)(C)c2c[n+](CCCC)c(F)cc2-3)cc1. The van der Waals surface area contributed by atoms with E-state index in [-0.39, 0.29) is 11.4 Å². The van der Waals surface area contributed by atoms with Crippen LogP contribution in [0.3, 0.4) is 0 Å². The fraction of sp³-hybridized carbons (Fsp3) is 0.407. The molecule has 30 heavy (non-hydrogen) atoms. The van der Waals surface area contributed by atoms with Gasteiger partial charge in [-0.1, -0.05) is 52.7 Å². The van der Waals surface area contributed by atoms with E-state index in [1.165, 1.54) is 35.1 Å². The first-order valence-electron chi connectivity index (χ1n) is 11.3. The second-order valence-corrected chi connectivity index (χ2v) is 9.03. The molecule has 156 valence electrons. The second-order valence-electron chi connectivity index (χ2n) is 9.03. The van der Waals surface area contributed by atoms with Gasteiger partial charge in [0.15, 0.2) is 25.1 Å². The fourth-order valence-corrected chi connectivity index (χ4v) is 4.55. The van der Waals surface area contributed by atoms with Gasteiger partial charge < -0.3 is 0 Å². The number of rotatable bonds is 7. The Kier molecular flexibility index (Phi) is 5.73. The van der Waals surface area contributed by atoms with Crippen molar-refractivity contribution in [1.29, 1.82) is 0 Å². The van der Waals surface area contributed by atoms with Crippen LogP contribution in [0.25, 0.3) is 22.3 Å². The predicted octanol–water partition coefficient (Wildman–Crippen LogP) is 5.97. The first-order chi connectivity index (χ1) is 14.5. The molecule has 1 aliphatic rings. The molecule has 0 saturated carbocycles. The van der Waals surface area contributed by atoms with Gasteiger partial charge in [-0.05, 0) is 28.3 Å². The Hall–Kier alpha value is -2.55. The van der Waals surface area contributed by atoms with Crippen molar-refractivity contribution in [2.24, 2.45) is 0 Å². The summed E-state index contributed by atoms with van der Waals surface area (Å²) in [6.45, 7) is 10.7. The van der Waals surface area contributed by atoms with Crippen molar-refractivity contribution >= 4 is 0 Å². The molecule has 2 aromatic heterocycles. The molecule has 2 nitrogen and oxygen atoms in total. The standard InChI is InChI=1S/C27H33FN2/c1-5-7-13-29-15-11-20(12-16-29)21-9-10-22-23-18-26(28)30(14-8-6-2)19-25(23)27(3,4)24(22)17-21/h9-12,15-19H,5-8,13-14H2,1-4H3/q+2. The Bertz CT molecular complexity index is 1050. The van der Waals surface area contributed by atoms with Crippen molar-refractivity contribution in [1.82, 2.24) is 0 Å². The van der Waals surface area contributed by atoms with Crippen LogP contribution >= 0.6 is 0 Å². The van der Waals surface area contributed by atoms with E-state index in [1.807, 2.05) is 6.20 Å². The normalized spacial score (nSPS) is 13.9. The van der Waals surface area contributed by atoms with Crippen LogP contribution in [-0.4, -0.2) is 0 Å². The zero-order chi connectivity index (χ0) is 21.3. The van der Waals surface area contributed by atoms with Crippen molar-refractivity contribution in [2.75, 3.05) is 0 Å². The molecule has 0 spiro atoms. The summed E-state index contributed by atoms with van der Waals surface area (Å²) in [6.07, 6.45) is 10.8. The minimum absolute atomic E-state index is 0.141. The van der Waals surface area contributed by atoms with Crippen LogP contribution in [-0.2, 0) is 18.5 Å². The van der Waals surface area contributed by atoms with Gasteiger partial charge in [-0.3, -0.25) is 0 Å². The highest BCUT2D eigenvalue weighted by Crippen LogP contribution is 2.49. The number of unbranched alkanes of at least 4 members (excludes halogenated alkanes) is 2. The molecular formula is C27H33FN2+2. The highest BCUT2D eigenvalue weighted by molar-refractivity contribution is 5.82. The van der Waals surface area contributed by atoms with E-state index < -0.39 is 0 Å². The molecule has 4 rings (SSSR count). The van der Waals surface area contributed by atoms with Gasteiger partial charge >= 0.3 is 5.95 Å². The Balaban J connectivity index is 1.70. The van der Waals surface area contributed by atoms with Crippen molar-refractivity contribution in [3.63, 3.8) is 0 Å². The molecule has 0 radical (unpaired) electrons. The quantitative estimate of drug-likeness (QED) is 0.338. The number of nitrogens with zero attached hydrogens (tertiary/aromatic N) is 2. The summed E-state index contributed by atoms with van der Waals surface area (Å²) in [5.74, 6) is -0.144. The number of aromatic nitrogens is 2. The van der Waals surface area contributed by atoms with Crippen LogP contribution < -0.4 is 9.13 Å². The van der Waals surface area contributed by atoms with Gasteiger partial charge in [0.25, 0.3) is 0 Å². The van der Waals surface area contributed by atoms with E-state index in [0.29, 0.717) is 0 Å². The molecule has 0 amide bonds. The van der Waals surface area contributed by atoms with Gasteiger partial charge in [0.05, 0.1) is 6.07 Å². The summed E-state index contributed by atoms with van der Waals surface area (Å²) in [7, 11) is 0. The van der Waals surface area contributed by atoms with Crippen molar-refractivity contribution in [3.8, 4) is 22.3 Å². The van der Waals surface area contributed by atoms with Crippen molar-refractivity contribution < 1.29 is 13.5 Å². The van der Waals surface area contributed by atoms with Crippen molar-refractivity contribution in [3.05, 3.63) is 72.1 Å². The molecule has 0 N–H and O–H groups in total. The molecule has 3 heteroatoms. The monoisotopic (exact) mass is 404 g/mol. The maximum atomic E-state index is 14.7. The summed E-state index contributed by atoms with van der Waals surface area (Å²) < 4.78 is 18.8. The smallest absolute Gasteiger partial charge is 0.205 e. The molecule has 0 aliphatic heterocycles. The van der Waals surface area contributed by atoms with E-state index in [4.69, 9.17) is 0 Å². The average Bonchev–Trinajstić information content (AvgIpc) is 2.97. The number of hydrogen-bond donors (Lipinski definition) is 0. The third-order valence-electron chi connectivity index (χ3n) is 6.52. The van der Waals surface area contributed by atoms with Gasteiger partial charge in [-0.25, -0.2) is 4.57 Å². The minimum Gasteiger partial charge on any atom is -0.205 e. The number of fused-ring (bicyclic) bond motifs is 3. The Labute approximate surface area is 180 Å². The average molecular weight is 405 g/mol. The highest BCUT2D eigenvalue weighted by Gasteiger charge is 2.39. The molecule has 0 atom stereocenters. The second kappa shape index (κ2) is 8.29. The number of halogens is 1. The first-order valence-corrected chi connectivity index (χ1v) is 11.3. The Morgan fingerprint density at radius 2 is 1.50 bits per heavy atom. The Morgan fingerprint density at radius 1 is 0.800 bits per heavy atom. The van der Waals surface area contributed by atoms with Crippen LogP contribution in [0.2, 0.25) is 0 Å². The van der Waals surface area contributed by atoms with Gasteiger partial charge in [-0.2, -0.15) is 4.57 Å². The number of pyridine rings is 2. The van der Waals surface area contributed by atoms with E-state index in [9.17, 15) is 4.39 Å². The Morgan fingerprint density at radius 3 is 2.20 bits per heavy atom. The van der Waals surface area contributed by atoms with E-state index in [2.05, 4.69) is 75.0 Å². The molecule has 1 aromatic carbocycles. The number of hydrogen-bond acceptors (Lipinski definition) is 0. The summed E-state index contributed by atoms with van der Waals surface area (Å²) in [5, 5.41) is 0.